The second kappa shape index (κ2) is 8.00. The number of hydrogen-bond acceptors (Lipinski definition) is 7. The highest BCUT2D eigenvalue weighted by Gasteiger charge is 2.11. The van der Waals surface area contributed by atoms with Gasteiger partial charge in [-0.15, -0.1) is 11.3 Å². The lowest BCUT2D eigenvalue weighted by Crippen LogP contribution is -2.30. The van der Waals surface area contributed by atoms with Gasteiger partial charge in [0.25, 0.3) is 11.5 Å². The number of carbonyl (C=O) groups excluding carboxylic acids is 2. The summed E-state index contributed by atoms with van der Waals surface area (Å²) in [5, 5.41) is 4.31. The topological polar surface area (TPSA) is 99.0 Å². The summed E-state index contributed by atoms with van der Waals surface area (Å²) >= 11 is 1.34. The van der Waals surface area contributed by atoms with Gasteiger partial charge in [-0.2, -0.15) is 0 Å². The third-order valence-corrected chi connectivity index (χ3v) is 4.70. The number of aromatic nitrogens is 2. The number of aryl methyl sites for hydroxylation is 1. The Bertz CT molecular complexity index is 1040. The molecule has 0 spiro atoms. The molecule has 1 N–H and O–H groups in total. The van der Waals surface area contributed by atoms with Crippen molar-refractivity contribution in [3.05, 3.63) is 63.0 Å². The fourth-order valence-corrected chi connectivity index (χ4v) is 3.27. The molecule has 2 aromatic heterocycles. The average Bonchev–Trinajstić information content (AvgIpc) is 3.05. The van der Waals surface area contributed by atoms with E-state index in [1.807, 2.05) is 12.3 Å². The molecular formula is C18H17N3O5S. The molecule has 0 aliphatic carbocycles. The van der Waals surface area contributed by atoms with Crippen LogP contribution in [0.15, 0.2) is 40.5 Å². The van der Waals surface area contributed by atoms with Gasteiger partial charge in [-0.25, -0.2) is 4.98 Å². The van der Waals surface area contributed by atoms with Gasteiger partial charge in [0.1, 0.15) is 18.9 Å². The van der Waals surface area contributed by atoms with E-state index >= 15 is 0 Å². The Morgan fingerprint density at radius 1 is 1.26 bits per heavy atom. The van der Waals surface area contributed by atoms with E-state index in [2.05, 4.69) is 10.3 Å². The largest absolute Gasteiger partial charge is 0.497 e. The Labute approximate surface area is 158 Å². The Balaban J connectivity index is 1.53. The molecule has 8 nitrogen and oxygen atoms in total. The van der Waals surface area contributed by atoms with E-state index < -0.39 is 11.9 Å². The minimum atomic E-state index is -0.624. The smallest absolute Gasteiger partial charge is 0.325 e. The molecule has 27 heavy (non-hydrogen) atoms. The predicted octanol–water partition coefficient (Wildman–Crippen LogP) is 1.55. The van der Waals surface area contributed by atoms with Gasteiger partial charge >= 0.3 is 5.97 Å². The van der Waals surface area contributed by atoms with E-state index in [-0.39, 0.29) is 18.7 Å². The standard InChI is InChI=1S/C18H17N3O5S/c1-11-10-27-18-20-13(7-15(22)21(11)18)9-26-16(23)8-19-17(24)12-3-5-14(25-2)6-4-12/h3-7,10H,8-9H2,1-2H3,(H,19,24). The first kappa shape index (κ1) is 18.6. The lowest BCUT2D eigenvalue weighted by molar-refractivity contribution is -0.143. The lowest BCUT2D eigenvalue weighted by atomic mass is 10.2. The molecule has 1 amide bonds. The first-order valence-corrected chi connectivity index (χ1v) is 8.90. The van der Waals surface area contributed by atoms with E-state index in [0.29, 0.717) is 22.0 Å². The molecule has 0 saturated carbocycles. The van der Waals surface area contributed by atoms with Gasteiger partial charge in [0.2, 0.25) is 0 Å². The van der Waals surface area contributed by atoms with Crippen LogP contribution >= 0.6 is 11.3 Å². The van der Waals surface area contributed by atoms with Crippen LogP contribution in [-0.4, -0.2) is 34.9 Å². The first-order chi connectivity index (χ1) is 13.0. The van der Waals surface area contributed by atoms with E-state index in [0.717, 1.165) is 5.69 Å². The van der Waals surface area contributed by atoms with E-state index in [1.54, 1.807) is 24.3 Å². The van der Waals surface area contributed by atoms with Crippen LogP contribution in [-0.2, 0) is 16.1 Å². The van der Waals surface area contributed by atoms with Crippen LogP contribution in [0.4, 0.5) is 0 Å². The third-order valence-electron chi connectivity index (χ3n) is 3.76. The van der Waals surface area contributed by atoms with Gasteiger partial charge in [-0.3, -0.25) is 18.8 Å². The van der Waals surface area contributed by atoms with E-state index in [1.165, 1.54) is 28.9 Å². The van der Waals surface area contributed by atoms with E-state index in [4.69, 9.17) is 9.47 Å². The summed E-state index contributed by atoms with van der Waals surface area (Å²) in [6, 6.07) is 7.82. The van der Waals surface area contributed by atoms with Gasteiger partial charge in [0, 0.05) is 22.7 Å². The number of esters is 1. The molecule has 0 radical (unpaired) electrons. The summed E-state index contributed by atoms with van der Waals surface area (Å²) in [5.74, 6) is -0.394. The molecule has 0 atom stereocenters. The summed E-state index contributed by atoms with van der Waals surface area (Å²) in [5.41, 5.74) is 1.34. The zero-order valence-electron chi connectivity index (χ0n) is 14.7. The zero-order chi connectivity index (χ0) is 19.4. The Morgan fingerprint density at radius 3 is 2.70 bits per heavy atom. The molecule has 0 unspecified atom stereocenters. The average molecular weight is 387 g/mol. The van der Waals surface area contributed by atoms with Crippen molar-refractivity contribution in [3.63, 3.8) is 0 Å². The monoisotopic (exact) mass is 387 g/mol. The maximum absolute atomic E-state index is 12.1. The molecule has 9 heteroatoms. The van der Waals surface area contributed by atoms with Crippen LogP contribution in [0.2, 0.25) is 0 Å². The number of nitrogens with one attached hydrogen (secondary N) is 1. The van der Waals surface area contributed by atoms with Crippen LogP contribution in [0.5, 0.6) is 5.75 Å². The van der Waals surface area contributed by atoms with Crippen molar-refractivity contribution in [1.29, 1.82) is 0 Å². The first-order valence-electron chi connectivity index (χ1n) is 8.02. The van der Waals surface area contributed by atoms with Crippen LogP contribution in [0, 0.1) is 6.92 Å². The summed E-state index contributed by atoms with van der Waals surface area (Å²) in [7, 11) is 1.53. The molecule has 0 aliphatic heterocycles. The maximum Gasteiger partial charge on any atom is 0.325 e. The fourth-order valence-electron chi connectivity index (χ4n) is 2.38. The quantitative estimate of drug-likeness (QED) is 0.644. The Morgan fingerprint density at radius 2 is 2.00 bits per heavy atom. The predicted molar refractivity (Wildman–Crippen MR) is 99.2 cm³/mol. The highest BCUT2D eigenvalue weighted by molar-refractivity contribution is 7.15. The number of methoxy groups -OCH3 is 1. The molecule has 0 bridgehead atoms. The molecule has 1 aromatic carbocycles. The van der Waals surface area contributed by atoms with Crippen molar-refractivity contribution in [3.8, 4) is 5.75 Å². The summed E-state index contributed by atoms with van der Waals surface area (Å²) in [6.45, 7) is 1.39. The van der Waals surface area contributed by atoms with Crippen molar-refractivity contribution in [2.45, 2.75) is 13.5 Å². The van der Waals surface area contributed by atoms with Gasteiger partial charge in [0.15, 0.2) is 4.96 Å². The van der Waals surface area contributed by atoms with Gasteiger partial charge < -0.3 is 14.8 Å². The van der Waals surface area contributed by atoms with Crippen molar-refractivity contribution in [2.75, 3.05) is 13.7 Å². The molecule has 3 rings (SSSR count). The summed E-state index contributed by atoms with van der Waals surface area (Å²) in [4.78, 5) is 40.7. The van der Waals surface area contributed by atoms with Crippen LogP contribution < -0.4 is 15.6 Å². The third kappa shape index (κ3) is 4.32. The molecular weight excluding hydrogens is 370 g/mol. The molecule has 0 fully saturated rings. The number of nitrogens with zero attached hydrogens (tertiary/aromatic N) is 2. The van der Waals surface area contributed by atoms with Gasteiger partial charge in [0.05, 0.1) is 12.8 Å². The van der Waals surface area contributed by atoms with Gasteiger partial charge in [-0.05, 0) is 31.2 Å². The fraction of sp³-hybridized carbons (Fsp3) is 0.222. The van der Waals surface area contributed by atoms with Crippen molar-refractivity contribution >= 4 is 28.2 Å². The zero-order valence-corrected chi connectivity index (χ0v) is 15.5. The number of carbonyl (C=O) groups is 2. The summed E-state index contributed by atoms with van der Waals surface area (Å²) in [6.07, 6.45) is 0. The Kier molecular flexibility index (Phi) is 5.51. The minimum absolute atomic E-state index is 0.139. The normalized spacial score (nSPS) is 10.6. The molecule has 3 aromatic rings. The molecule has 140 valence electrons. The maximum atomic E-state index is 12.1. The number of benzene rings is 1. The minimum Gasteiger partial charge on any atom is -0.497 e. The van der Waals surface area contributed by atoms with Crippen molar-refractivity contribution in [1.82, 2.24) is 14.7 Å². The molecule has 0 saturated heterocycles. The SMILES string of the molecule is COc1ccc(C(=O)NCC(=O)OCc2cc(=O)n3c(C)csc3n2)cc1. The van der Waals surface area contributed by atoms with Crippen molar-refractivity contribution < 1.29 is 19.1 Å². The van der Waals surface area contributed by atoms with Crippen LogP contribution in [0.1, 0.15) is 21.7 Å². The summed E-state index contributed by atoms with van der Waals surface area (Å²) < 4.78 is 11.6. The van der Waals surface area contributed by atoms with Crippen molar-refractivity contribution in [2.24, 2.45) is 0 Å². The number of fused-ring (bicyclic) bond motifs is 1. The number of hydrogen-bond donors (Lipinski definition) is 1. The number of thiazole rings is 1. The Hall–Kier alpha value is -3.20. The lowest BCUT2D eigenvalue weighted by Gasteiger charge is -2.07. The number of amides is 1. The molecule has 0 aliphatic rings. The van der Waals surface area contributed by atoms with Crippen LogP contribution in [0.25, 0.3) is 4.96 Å². The highest BCUT2D eigenvalue weighted by atomic mass is 32.1. The van der Waals surface area contributed by atoms with E-state index in [9.17, 15) is 14.4 Å². The number of ether oxygens (including phenoxy) is 2. The number of rotatable bonds is 6. The van der Waals surface area contributed by atoms with Gasteiger partial charge in [-0.1, -0.05) is 0 Å². The highest BCUT2D eigenvalue weighted by Crippen LogP contribution is 2.12. The molecule has 2 heterocycles. The van der Waals surface area contributed by atoms with Crippen LogP contribution in [0.3, 0.4) is 0 Å². The second-order valence-corrected chi connectivity index (χ2v) is 6.49. The second-order valence-electron chi connectivity index (χ2n) is 5.65.